The molecule has 0 spiro atoms. The van der Waals surface area contributed by atoms with Gasteiger partial charge in [0.15, 0.2) is 11.6 Å². The van der Waals surface area contributed by atoms with Gasteiger partial charge in [0.1, 0.15) is 11.4 Å². The van der Waals surface area contributed by atoms with Crippen LogP contribution in [-0.4, -0.2) is 10.9 Å². The van der Waals surface area contributed by atoms with Gasteiger partial charge < -0.3 is 20.4 Å². The molecule has 0 bridgehead atoms. The largest absolute Gasteiger partial charge is 0.453 e. The van der Waals surface area contributed by atoms with Crippen LogP contribution in [0.2, 0.25) is 10.0 Å². The average Bonchev–Trinajstić information content (AvgIpc) is 3.28. The molecule has 0 aliphatic rings. The number of allylic oxidation sites excluding steroid dienone is 1. The van der Waals surface area contributed by atoms with Crippen LogP contribution in [-0.2, 0) is 13.1 Å². The van der Waals surface area contributed by atoms with Crippen molar-refractivity contribution in [3.63, 3.8) is 0 Å². The summed E-state index contributed by atoms with van der Waals surface area (Å²) in [4.78, 5) is 15.9. The number of benzene rings is 3. The molecule has 3 N–H and O–H groups in total. The van der Waals surface area contributed by atoms with Crippen molar-refractivity contribution >= 4 is 40.0 Å². The molecular weight excluding hydrogens is 502 g/mol. The molecule has 0 unspecified atom stereocenters. The molecule has 0 fully saturated rings. The summed E-state index contributed by atoms with van der Waals surface area (Å²) in [6.45, 7) is 6.23. The predicted octanol–water partition coefficient (Wildman–Crippen LogP) is 6.83. The molecule has 36 heavy (non-hydrogen) atoms. The van der Waals surface area contributed by atoms with Gasteiger partial charge in [-0.3, -0.25) is 4.79 Å². The summed E-state index contributed by atoms with van der Waals surface area (Å²) in [6.07, 6.45) is 0. The molecule has 4 aromatic rings. The van der Waals surface area contributed by atoms with Crippen molar-refractivity contribution < 1.29 is 13.9 Å². The summed E-state index contributed by atoms with van der Waals surface area (Å²) in [5, 5.41) is 16.2. The molecule has 0 radical (unpaired) electrons. The van der Waals surface area contributed by atoms with E-state index in [1.807, 2.05) is 31.2 Å². The molecule has 3 aromatic carbocycles. The van der Waals surface area contributed by atoms with E-state index < -0.39 is 11.7 Å². The molecule has 1 aromatic heterocycles. The van der Waals surface area contributed by atoms with E-state index in [0.717, 1.165) is 22.2 Å². The Bertz CT molecular complexity index is 1520. The number of aromatic nitrogens is 1. The lowest BCUT2D eigenvalue weighted by Crippen LogP contribution is -2.23. The first kappa shape index (κ1) is 25.1. The number of nitriles is 1. The van der Waals surface area contributed by atoms with Crippen LogP contribution >= 0.6 is 23.2 Å². The molecule has 182 valence electrons. The lowest BCUT2D eigenvalue weighted by Gasteiger charge is -2.13. The van der Waals surface area contributed by atoms with Crippen molar-refractivity contribution in [3.05, 3.63) is 105 Å². The van der Waals surface area contributed by atoms with Gasteiger partial charge in [-0.2, -0.15) is 5.26 Å². The Balaban J connectivity index is 1.49. The fourth-order valence-corrected chi connectivity index (χ4v) is 3.95. The average molecular weight is 523 g/mol. The van der Waals surface area contributed by atoms with Crippen molar-refractivity contribution in [1.82, 2.24) is 15.6 Å². The van der Waals surface area contributed by atoms with E-state index in [4.69, 9.17) is 33.2 Å². The summed E-state index contributed by atoms with van der Waals surface area (Å²) in [5.41, 5.74) is 3.50. The Labute approximate surface area is 217 Å². The van der Waals surface area contributed by atoms with Gasteiger partial charge in [-0.1, -0.05) is 48.0 Å². The van der Waals surface area contributed by atoms with Gasteiger partial charge in [0.25, 0.3) is 5.91 Å². The monoisotopic (exact) mass is 522 g/mol. The number of nitrogens with zero attached hydrogens (tertiary/aromatic N) is 1. The van der Waals surface area contributed by atoms with Crippen LogP contribution in [0.15, 0.2) is 66.9 Å². The van der Waals surface area contributed by atoms with Crippen LogP contribution in [0.3, 0.4) is 0 Å². The van der Waals surface area contributed by atoms with E-state index in [0.29, 0.717) is 12.2 Å². The highest BCUT2D eigenvalue weighted by Gasteiger charge is 2.17. The zero-order chi connectivity index (χ0) is 25.8. The minimum Gasteiger partial charge on any atom is -0.453 e. The first-order valence-corrected chi connectivity index (χ1v) is 11.6. The second kappa shape index (κ2) is 10.7. The highest BCUT2D eigenvalue weighted by Crippen LogP contribution is 2.35. The topological polar surface area (TPSA) is 89.9 Å². The third kappa shape index (κ3) is 5.80. The van der Waals surface area contributed by atoms with E-state index >= 15 is 4.39 Å². The van der Waals surface area contributed by atoms with Crippen molar-refractivity contribution in [2.24, 2.45) is 0 Å². The standard InChI is InChI=1S/C27H21Cl2FN4O2/c1-15(2)32-13-16-3-4-18-10-24(34-23(18)9-16)27(35)33-14-19-5-6-22(29)26(25(19)30)36-21-8-17(12-31)7-20(28)11-21/h3-11,32,34H,1,13-14H2,2H3,(H,33,35). The SMILES string of the molecule is C=C(C)NCc1ccc2cc(C(=O)NCc3ccc(Cl)c(Oc4cc(Cl)cc(C#N)c4)c3F)[nH]c2c1. The maximum Gasteiger partial charge on any atom is 0.267 e. The van der Waals surface area contributed by atoms with Crippen LogP contribution in [0.25, 0.3) is 10.9 Å². The lowest BCUT2D eigenvalue weighted by molar-refractivity contribution is 0.0946. The number of hydrogen-bond donors (Lipinski definition) is 3. The number of ether oxygens (including phenoxy) is 1. The number of halogens is 3. The molecule has 0 aliphatic heterocycles. The molecule has 0 saturated carbocycles. The van der Waals surface area contributed by atoms with E-state index in [2.05, 4.69) is 22.2 Å². The number of fused-ring (bicyclic) bond motifs is 1. The number of aromatic amines is 1. The summed E-state index contributed by atoms with van der Waals surface area (Å²) in [7, 11) is 0. The number of rotatable bonds is 8. The summed E-state index contributed by atoms with van der Waals surface area (Å²) in [6, 6.07) is 16.8. The summed E-state index contributed by atoms with van der Waals surface area (Å²) < 4.78 is 20.8. The van der Waals surface area contributed by atoms with E-state index in [-0.39, 0.29) is 39.2 Å². The van der Waals surface area contributed by atoms with Gasteiger partial charge in [0.05, 0.1) is 16.7 Å². The second-order valence-corrected chi connectivity index (χ2v) is 9.00. The number of nitrogens with one attached hydrogen (secondary N) is 3. The number of hydrogen-bond acceptors (Lipinski definition) is 4. The highest BCUT2D eigenvalue weighted by molar-refractivity contribution is 6.32. The van der Waals surface area contributed by atoms with Gasteiger partial charge >= 0.3 is 0 Å². The maximum absolute atomic E-state index is 15.2. The van der Waals surface area contributed by atoms with Gasteiger partial charge in [0, 0.05) is 40.3 Å². The lowest BCUT2D eigenvalue weighted by atomic mass is 10.1. The molecule has 1 heterocycles. The van der Waals surface area contributed by atoms with Crippen LogP contribution in [0.4, 0.5) is 4.39 Å². The quantitative estimate of drug-likeness (QED) is 0.236. The summed E-state index contributed by atoms with van der Waals surface area (Å²) >= 11 is 12.2. The van der Waals surface area contributed by atoms with Gasteiger partial charge in [-0.05, 0) is 48.9 Å². The Morgan fingerprint density at radius 1 is 1.11 bits per heavy atom. The zero-order valence-corrected chi connectivity index (χ0v) is 20.7. The first-order chi connectivity index (χ1) is 17.2. The molecule has 6 nitrogen and oxygen atoms in total. The molecule has 0 saturated heterocycles. The molecule has 4 rings (SSSR count). The van der Waals surface area contributed by atoms with E-state index in [9.17, 15) is 4.79 Å². The molecule has 1 amide bonds. The van der Waals surface area contributed by atoms with Gasteiger partial charge in [0.2, 0.25) is 0 Å². The van der Waals surface area contributed by atoms with E-state index in [1.54, 1.807) is 6.07 Å². The van der Waals surface area contributed by atoms with E-state index in [1.165, 1.54) is 30.3 Å². The van der Waals surface area contributed by atoms with Crippen molar-refractivity contribution in [2.75, 3.05) is 0 Å². The smallest absolute Gasteiger partial charge is 0.267 e. The van der Waals surface area contributed by atoms with Gasteiger partial charge in [-0.25, -0.2) is 4.39 Å². The second-order valence-electron chi connectivity index (χ2n) is 8.16. The maximum atomic E-state index is 15.2. The Hall–Kier alpha value is -3.99. The van der Waals surface area contributed by atoms with Crippen molar-refractivity contribution in [1.29, 1.82) is 5.26 Å². The highest BCUT2D eigenvalue weighted by atomic mass is 35.5. The molecule has 0 aliphatic carbocycles. The number of H-pyrrole nitrogens is 1. The Morgan fingerprint density at radius 2 is 1.92 bits per heavy atom. The van der Waals surface area contributed by atoms with Gasteiger partial charge in [-0.15, -0.1) is 0 Å². The minimum atomic E-state index is -0.729. The Morgan fingerprint density at radius 3 is 2.67 bits per heavy atom. The fraction of sp³-hybridized carbons (Fsp3) is 0.111. The third-order valence-corrected chi connectivity index (χ3v) is 5.83. The van der Waals surface area contributed by atoms with Crippen LogP contribution < -0.4 is 15.4 Å². The van der Waals surface area contributed by atoms with Crippen LogP contribution in [0.5, 0.6) is 11.5 Å². The Kier molecular flexibility index (Phi) is 7.49. The minimum absolute atomic E-state index is 0.0358. The molecular formula is C27H21Cl2FN4O2. The third-order valence-electron chi connectivity index (χ3n) is 5.31. The summed E-state index contributed by atoms with van der Waals surface area (Å²) in [5.74, 6) is -1.18. The van der Waals surface area contributed by atoms with Crippen molar-refractivity contribution in [3.8, 4) is 17.6 Å². The number of carbonyl (C=O) groups excluding carboxylic acids is 1. The van der Waals surface area contributed by atoms with Crippen LogP contribution in [0, 0.1) is 17.1 Å². The number of carbonyl (C=O) groups is 1. The van der Waals surface area contributed by atoms with Crippen LogP contribution in [0.1, 0.15) is 34.1 Å². The molecule has 0 atom stereocenters. The number of amides is 1. The fourth-order valence-electron chi connectivity index (χ4n) is 3.54. The predicted molar refractivity (Wildman–Crippen MR) is 139 cm³/mol. The van der Waals surface area contributed by atoms with Crippen molar-refractivity contribution in [2.45, 2.75) is 20.0 Å². The normalized spacial score (nSPS) is 10.6. The molecule has 9 heteroatoms. The first-order valence-electron chi connectivity index (χ1n) is 10.9. The zero-order valence-electron chi connectivity index (χ0n) is 19.2.